The van der Waals surface area contributed by atoms with Crippen LogP contribution in [0.5, 0.6) is 0 Å². The number of aromatic amines is 1. The number of hydrogen-bond acceptors (Lipinski definition) is 1. The third kappa shape index (κ3) is 3.37. The molecule has 2 atom stereocenters. The molecule has 1 heterocycles. The zero-order valence-electron chi connectivity index (χ0n) is 13.2. The Labute approximate surface area is 113 Å². The van der Waals surface area contributed by atoms with E-state index >= 15 is 0 Å². The Morgan fingerprint density at radius 1 is 1.06 bits per heavy atom. The molecule has 104 valence electrons. The lowest BCUT2D eigenvalue weighted by molar-refractivity contribution is 0.513. The van der Waals surface area contributed by atoms with Crippen molar-refractivity contribution < 1.29 is 0 Å². The van der Waals surface area contributed by atoms with Crippen LogP contribution >= 0.6 is 0 Å². The highest BCUT2D eigenvalue weighted by Gasteiger charge is 2.22. The zero-order valence-corrected chi connectivity index (χ0v) is 13.2. The summed E-state index contributed by atoms with van der Waals surface area (Å²) < 4.78 is 0. The number of imidazole rings is 1. The summed E-state index contributed by atoms with van der Waals surface area (Å²) in [5, 5.41) is 0. The van der Waals surface area contributed by atoms with Gasteiger partial charge in [0, 0.05) is 23.4 Å². The maximum absolute atomic E-state index is 4.88. The van der Waals surface area contributed by atoms with E-state index in [-0.39, 0.29) is 0 Å². The van der Waals surface area contributed by atoms with Crippen molar-refractivity contribution in [1.82, 2.24) is 9.97 Å². The average molecular weight is 250 g/mol. The smallest absolute Gasteiger partial charge is 0.109 e. The molecule has 0 fully saturated rings. The molecule has 0 aromatic carbocycles. The lowest BCUT2D eigenvalue weighted by Gasteiger charge is -2.18. The fraction of sp³-hybridized carbons (Fsp3) is 0.812. The summed E-state index contributed by atoms with van der Waals surface area (Å²) in [4.78, 5) is 8.47. The third-order valence-corrected chi connectivity index (χ3v) is 3.97. The molecule has 0 saturated carbocycles. The molecule has 0 aliphatic carbocycles. The maximum Gasteiger partial charge on any atom is 0.109 e. The summed E-state index contributed by atoms with van der Waals surface area (Å²) in [6.45, 7) is 15.8. The van der Waals surface area contributed by atoms with Crippen molar-refractivity contribution in [3.8, 4) is 0 Å². The minimum Gasteiger partial charge on any atom is -0.345 e. The summed E-state index contributed by atoms with van der Waals surface area (Å²) in [5.74, 6) is 3.40. The summed E-state index contributed by atoms with van der Waals surface area (Å²) in [5.41, 5.74) is 2.68. The van der Waals surface area contributed by atoms with Crippen LogP contribution in [0.25, 0.3) is 0 Å². The third-order valence-electron chi connectivity index (χ3n) is 3.97. The van der Waals surface area contributed by atoms with Crippen LogP contribution in [0.2, 0.25) is 0 Å². The molecule has 0 amide bonds. The minimum absolute atomic E-state index is 0.477. The van der Waals surface area contributed by atoms with Crippen LogP contribution in [0.3, 0.4) is 0 Å². The van der Waals surface area contributed by atoms with Crippen molar-refractivity contribution in [3.63, 3.8) is 0 Å². The molecule has 2 unspecified atom stereocenters. The van der Waals surface area contributed by atoms with Gasteiger partial charge in [0.15, 0.2) is 0 Å². The van der Waals surface area contributed by atoms with Gasteiger partial charge in [-0.25, -0.2) is 4.98 Å². The second kappa shape index (κ2) is 6.40. The van der Waals surface area contributed by atoms with E-state index in [9.17, 15) is 0 Å². The van der Waals surface area contributed by atoms with E-state index in [1.54, 1.807) is 0 Å². The van der Waals surface area contributed by atoms with E-state index in [1.807, 2.05) is 0 Å². The van der Waals surface area contributed by atoms with Crippen LogP contribution in [0, 0.1) is 5.92 Å². The van der Waals surface area contributed by atoms with Gasteiger partial charge in [0.05, 0.1) is 5.69 Å². The Morgan fingerprint density at radius 2 is 1.67 bits per heavy atom. The topological polar surface area (TPSA) is 28.7 Å². The quantitative estimate of drug-likeness (QED) is 0.739. The number of rotatable bonds is 6. The first-order valence-electron chi connectivity index (χ1n) is 7.48. The molecule has 2 nitrogen and oxygen atoms in total. The van der Waals surface area contributed by atoms with Crippen molar-refractivity contribution in [2.45, 2.75) is 79.1 Å². The molecule has 18 heavy (non-hydrogen) atoms. The first-order valence-corrected chi connectivity index (χ1v) is 7.48. The van der Waals surface area contributed by atoms with Crippen LogP contribution < -0.4 is 0 Å². The van der Waals surface area contributed by atoms with Gasteiger partial charge in [-0.1, -0.05) is 54.9 Å². The SMILES string of the molecule is CCCC(C)c1nc(C(C)C)[nH]c1C(C)C(C)C. The highest BCUT2D eigenvalue weighted by molar-refractivity contribution is 5.23. The molecule has 0 bridgehead atoms. The number of nitrogens with one attached hydrogen (secondary N) is 1. The van der Waals surface area contributed by atoms with E-state index in [1.165, 1.54) is 24.2 Å². The standard InChI is InChI=1S/C16H30N2/c1-8-9-12(6)14-15(13(7)10(2)3)18-16(17-14)11(4)5/h10-13H,8-9H2,1-7H3,(H,17,18). The Hall–Kier alpha value is -0.790. The van der Waals surface area contributed by atoms with E-state index in [0.29, 0.717) is 23.7 Å². The number of nitrogens with zero attached hydrogens (tertiary/aromatic N) is 1. The normalized spacial score (nSPS) is 15.4. The Kier molecular flexibility index (Phi) is 5.43. The van der Waals surface area contributed by atoms with Crippen molar-refractivity contribution in [2.24, 2.45) is 5.92 Å². The van der Waals surface area contributed by atoms with Gasteiger partial charge in [0.1, 0.15) is 5.82 Å². The van der Waals surface area contributed by atoms with Gasteiger partial charge in [-0.15, -0.1) is 0 Å². The average Bonchev–Trinajstić information content (AvgIpc) is 2.72. The summed E-state index contributed by atoms with van der Waals surface area (Å²) in [7, 11) is 0. The molecule has 0 spiro atoms. The molecular weight excluding hydrogens is 220 g/mol. The molecule has 1 aromatic rings. The van der Waals surface area contributed by atoms with Crippen LogP contribution in [-0.4, -0.2) is 9.97 Å². The fourth-order valence-electron chi connectivity index (χ4n) is 2.32. The van der Waals surface area contributed by atoms with Crippen LogP contribution in [-0.2, 0) is 0 Å². The first-order chi connectivity index (χ1) is 8.38. The van der Waals surface area contributed by atoms with Gasteiger partial charge in [0.2, 0.25) is 0 Å². The van der Waals surface area contributed by atoms with Gasteiger partial charge in [-0.05, 0) is 12.3 Å². The van der Waals surface area contributed by atoms with Crippen LogP contribution in [0.4, 0.5) is 0 Å². The predicted octanol–water partition coefficient (Wildman–Crippen LogP) is 5.20. The molecule has 1 N–H and O–H groups in total. The Balaban J connectivity index is 3.12. The van der Waals surface area contributed by atoms with Crippen LogP contribution in [0.15, 0.2) is 0 Å². The molecular formula is C16H30N2. The monoisotopic (exact) mass is 250 g/mol. The van der Waals surface area contributed by atoms with Gasteiger partial charge in [-0.2, -0.15) is 0 Å². The van der Waals surface area contributed by atoms with Crippen molar-refractivity contribution in [3.05, 3.63) is 17.2 Å². The molecule has 2 heteroatoms. The van der Waals surface area contributed by atoms with Gasteiger partial charge in [-0.3, -0.25) is 0 Å². The number of aromatic nitrogens is 2. The predicted molar refractivity (Wildman–Crippen MR) is 79.3 cm³/mol. The maximum atomic E-state index is 4.88. The Morgan fingerprint density at radius 3 is 2.11 bits per heavy atom. The van der Waals surface area contributed by atoms with Crippen molar-refractivity contribution >= 4 is 0 Å². The molecule has 0 radical (unpaired) electrons. The first kappa shape index (κ1) is 15.3. The summed E-state index contributed by atoms with van der Waals surface area (Å²) >= 11 is 0. The molecule has 0 aliphatic heterocycles. The van der Waals surface area contributed by atoms with E-state index in [2.05, 4.69) is 53.5 Å². The molecule has 1 aromatic heterocycles. The zero-order chi connectivity index (χ0) is 13.9. The van der Waals surface area contributed by atoms with Crippen LogP contribution in [0.1, 0.15) is 96.3 Å². The largest absolute Gasteiger partial charge is 0.345 e. The van der Waals surface area contributed by atoms with E-state index in [4.69, 9.17) is 4.98 Å². The van der Waals surface area contributed by atoms with Crippen molar-refractivity contribution in [1.29, 1.82) is 0 Å². The molecule has 0 aliphatic rings. The highest BCUT2D eigenvalue weighted by Crippen LogP contribution is 2.32. The lowest BCUT2D eigenvalue weighted by atomic mass is 9.89. The Bertz CT molecular complexity index is 363. The number of H-pyrrole nitrogens is 1. The van der Waals surface area contributed by atoms with Crippen molar-refractivity contribution in [2.75, 3.05) is 0 Å². The fourth-order valence-corrected chi connectivity index (χ4v) is 2.32. The van der Waals surface area contributed by atoms with Gasteiger partial charge >= 0.3 is 0 Å². The molecule has 0 saturated heterocycles. The summed E-state index contributed by atoms with van der Waals surface area (Å²) in [6.07, 6.45) is 2.45. The number of hydrogen-bond donors (Lipinski definition) is 1. The minimum atomic E-state index is 0.477. The second-order valence-electron chi connectivity index (χ2n) is 6.30. The van der Waals surface area contributed by atoms with Gasteiger partial charge in [0.25, 0.3) is 0 Å². The molecule has 1 rings (SSSR count). The lowest BCUT2D eigenvalue weighted by Crippen LogP contribution is -2.07. The van der Waals surface area contributed by atoms with E-state index < -0.39 is 0 Å². The highest BCUT2D eigenvalue weighted by atomic mass is 14.9. The van der Waals surface area contributed by atoms with E-state index in [0.717, 1.165) is 5.82 Å². The summed E-state index contributed by atoms with van der Waals surface area (Å²) in [6, 6.07) is 0. The van der Waals surface area contributed by atoms with Gasteiger partial charge < -0.3 is 4.98 Å². The second-order valence-corrected chi connectivity index (χ2v) is 6.30.